The van der Waals surface area contributed by atoms with E-state index in [2.05, 4.69) is 10.1 Å². The fraction of sp³-hybridized carbons (Fsp3) is 0.0556. The van der Waals surface area contributed by atoms with Crippen molar-refractivity contribution in [1.29, 1.82) is 5.26 Å². The average Bonchev–Trinajstić information content (AvgIpc) is 3.04. The van der Waals surface area contributed by atoms with Gasteiger partial charge in [0.25, 0.3) is 5.89 Å². The minimum absolute atomic E-state index is 0.0639. The molecule has 0 aliphatic heterocycles. The Balaban J connectivity index is 2.00. The van der Waals surface area contributed by atoms with Crippen molar-refractivity contribution in [3.63, 3.8) is 0 Å². The first-order valence-electron chi connectivity index (χ1n) is 6.95. The SMILES string of the molecule is Cc1ccccc1-c1noc(/C(C#N)=C\c2ccccc2F)n1. The van der Waals surface area contributed by atoms with Crippen molar-refractivity contribution >= 4 is 11.6 Å². The second-order valence-corrected chi connectivity index (χ2v) is 4.93. The third kappa shape index (κ3) is 3.01. The number of allylic oxidation sites excluding steroid dienone is 1. The lowest BCUT2D eigenvalue weighted by Gasteiger charge is -1.98. The molecule has 0 aliphatic rings. The summed E-state index contributed by atoms with van der Waals surface area (Å²) in [5.74, 6) is 0.0423. The largest absolute Gasteiger partial charge is 0.333 e. The predicted molar refractivity (Wildman–Crippen MR) is 84.4 cm³/mol. The fourth-order valence-corrected chi connectivity index (χ4v) is 2.16. The highest BCUT2D eigenvalue weighted by atomic mass is 19.1. The topological polar surface area (TPSA) is 62.7 Å². The van der Waals surface area contributed by atoms with Gasteiger partial charge in [-0.25, -0.2) is 4.39 Å². The highest BCUT2D eigenvalue weighted by Crippen LogP contribution is 2.23. The van der Waals surface area contributed by atoms with Crippen molar-refractivity contribution in [2.45, 2.75) is 6.92 Å². The van der Waals surface area contributed by atoms with Gasteiger partial charge in [-0.05, 0) is 24.6 Å². The molecule has 5 heteroatoms. The van der Waals surface area contributed by atoms with Crippen molar-refractivity contribution in [1.82, 2.24) is 10.1 Å². The minimum Gasteiger partial charge on any atom is -0.333 e. The smallest absolute Gasteiger partial charge is 0.268 e. The maximum Gasteiger partial charge on any atom is 0.268 e. The summed E-state index contributed by atoms with van der Waals surface area (Å²) in [5, 5.41) is 13.2. The van der Waals surface area contributed by atoms with Crippen LogP contribution in [0.3, 0.4) is 0 Å². The Bertz CT molecular complexity index is 922. The molecule has 3 aromatic rings. The zero-order valence-electron chi connectivity index (χ0n) is 12.3. The second kappa shape index (κ2) is 6.24. The van der Waals surface area contributed by atoms with Crippen molar-refractivity contribution in [2.24, 2.45) is 0 Å². The van der Waals surface area contributed by atoms with E-state index in [1.165, 1.54) is 12.1 Å². The summed E-state index contributed by atoms with van der Waals surface area (Å²) in [6, 6.07) is 15.7. The molecule has 0 saturated heterocycles. The van der Waals surface area contributed by atoms with Crippen LogP contribution in [0.1, 0.15) is 17.0 Å². The van der Waals surface area contributed by atoms with Gasteiger partial charge in [0.05, 0.1) is 0 Å². The summed E-state index contributed by atoms with van der Waals surface area (Å²) < 4.78 is 18.9. The highest BCUT2D eigenvalue weighted by molar-refractivity contribution is 5.86. The number of aryl methyl sites for hydroxylation is 1. The van der Waals surface area contributed by atoms with Crippen LogP contribution < -0.4 is 0 Å². The number of aromatic nitrogens is 2. The van der Waals surface area contributed by atoms with E-state index in [1.54, 1.807) is 18.2 Å². The summed E-state index contributed by atoms with van der Waals surface area (Å²) in [5.41, 5.74) is 2.23. The molecule has 3 rings (SSSR count). The molecule has 23 heavy (non-hydrogen) atoms. The maximum absolute atomic E-state index is 13.7. The number of halogens is 1. The van der Waals surface area contributed by atoms with E-state index >= 15 is 0 Å². The first-order valence-corrected chi connectivity index (χ1v) is 6.95. The van der Waals surface area contributed by atoms with E-state index in [0.717, 1.165) is 11.1 Å². The standard InChI is InChI=1S/C18H12FN3O/c1-12-6-2-4-8-15(12)17-21-18(23-22-17)14(11-20)10-13-7-3-5-9-16(13)19/h2-10H,1H3/b14-10-. The quantitative estimate of drug-likeness (QED) is 0.679. The van der Waals surface area contributed by atoms with Gasteiger partial charge in [-0.1, -0.05) is 47.6 Å². The molecule has 0 fully saturated rings. The van der Waals surface area contributed by atoms with Crippen molar-refractivity contribution in [3.8, 4) is 17.5 Å². The van der Waals surface area contributed by atoms with Gasteiger partial charge in [-0.15, -0.1) is 0 Å². The summed E-state index contributed by atoms with van der Waals surface area (Å²) in [6.45, 7) is 1.94. The lowest BCUT2D eigenvalue weighted by molar-refractivity contribution is 0.409. The summed E-state index contributed by atoms with van der Waals surface area (Å²) in [7, 11) is 0. The van der Waals surface area contributed by atoms with E-state index in [9.17, 15) is 9.65 Å². The van der Waals surface area contributed by atoms with E-state index < -0.39 is 5.82 Å². The Morgan fingerprint density at radius 3 is 2.65 bits per heavy atom. The molecule has 2 aromatic carbocycles. The molecule has 0 spiro atoms. The predicted octanol–water partition coefficient (Wildman–Crippen LogP) is 4.25. The summed E-state index contributed by atoms with van der Waals surface area (Å²) >= 11 is 0. The van der Waals surface area contributed by atoms with Crippen LogP contribution in [-0.2, 0) is 0 Å². The van der Waals surface area contributed by atoms with Crippen LogP contribution in [0.5, 0.6) is 0 Å². The molecule has 0 aliphatic carbocycles. The zero-order chi connectivity index (χ0) is 16.2. The van der Waals surface area contributed by atoms with Gasteiger partial charge in [0.1, 0.15) is 17.5 Å². The number of hydrogen-bond acceptors (Lipinski definition) is 4. The lowest BCUT2D eigenvalue weighted by Crippen LogP contribution is -1.87. The van der Waals surface area contributed by atoms with Gasteiger partial charge < -0.3 is 4.52 Å². The van der Waals surface area contributed by atoms with Crippen LogP contribution in [0.15, 0.2) is 53.1 Å². The molecule has 0 unspecified atom stereocenters. The summed E-state index contributed by atoms with van der Waals surface area (Å²) in [4.78, 5) is 4.25. The van der Waals surface area contributed by atoms with Crippen LogP contribution >= 0.6 is 0 Å². The number of hydrogen-bond donors (Lipinski definition) is 0. The fourth-order valence-electron chi connectivity index (χ4n) is 2.16. The Hall–Kier alpha value is -3.26. The van der Waals surface area contributed by atoms with E-state index in [1.807, 2.05) is 37.3 Å². The van der Waals surface area contributed by atoms with Gasteiger partial charge in [0.15, 0.2) is 0 Å². The van der Waals surface area contributed by atoms with Gasteiger partial charge in [0.2, 0.25) is 5.82 Å². The molecule has 1 heterocycles. The monoisotopic (exact) mass is 305 g/mol. The molecular weight excluding hydrogens is 293 g/mol. The van der Waals surface area contributed by atoms with Crippen LogP contribution in [-0.4, -0.2) is 10.1 Å². The van der Waals surface area contributed by atoms with E-state index in [0.29, 0.717) is 11.4 Å². The first-order chi connectivity index (χ1) is 11.2. The number of benzene rings is 2. The third-order valence-electron chi connectivity index (χ3n) is 3.37. The Labute approximate surface area is 132 Å². The van der Waals surface area contributed by atoms with Crippen molar-refractivity contribution < 1.29 is 8.91 Å². The van der Waals surface area contributed by atoms with Gasteiger partial charge in [0, 0.05) is 11.1 Å². The lowest BCUT2D eigenvalue weighted by atomic mass is 10.1. The van der Waals surface area contributed by atoms with Crippen LogP contribution in [0.4, 0.5) is 4.39 Å². The van der Waals surface area contributed by atoms with Gasteiger partial charge in [-0.3, -0.25) is 0 Å². The van der Waals surface area contributed by atoms with Crippen LogP contribution in [0, 0.1) is 24.1 Å². The zero-order valence-corrected chi connectivity index (χ0v) is 12.3. The number of nitrogens with zero attached hydrogens (tertiary/aromatic N) is 3. The number of nitriles is 1. The van der Waals surface area contributed by atoms with E-state index in [4.69, 9.17) is 4.52 Å². The normalized spacial score (nSPS) is 11.3. The molecule has 0 bridgehead atoms. The van der Waals surface area contributed by atoms with Crippen LogP contribution in [0.25, 0.3) is 23.0 Å². The Morgan fingerprint density at radius 2 is 1.91 bits per heavy atom. The molecule has 0 atom stereocenters. The second-order valence-electron chi connectivity index (χ2n) is 4.93. The Kier molecular flexibility index (Phi) is 3.98. The molecule has 0 radical (unpaired) electrons. The molecule has 0 N–H and O–H groups in total. The average molecular weight is 305 g/mol. The molecule has 0 saturated carbocycles. The Morgan fingerprint density at radius 1 is 1.17 bits per heavy atom. The summed E-state index contributed by atoms with van der Waals surface area (Å²) in [6.07, 6.45) is 1.39. The number of rotatable bonds is 3. The highest BCUT2D eigenvalue weighted by Gasteiger charge is 2.14. The van der Waals surface area contributed by atoms with Crippen molar-refractivity contribution in [3.05, 3.63) is 71.4 Å². The van der Waals surface area contributed by atoms with Gasteiger partial charge >= 0.3 is 0 Å². The minimum atomic E-state index is -0.418. The molecule has 1 aromatic heterocycles. The first kappa shape index (κ1) is 14.7. The molecule has 112 valence electrons. The van der Waals surface area contributed by atoms with Crippen molar-refractivity contribution in [2.75, 3.05) is 0 Å². The molecule has 4 nitrogen and oxygen atoms in total. The molecule has 0 amide bonds. The van der Waals surface area contributed by atoms with E-state index in [-0.39, 0.29) is 11.5 Å². The molecular formula is C18H12FN3O. The van der Waals surface area contributed by atoms with Crippen LogP contribution in [0.2, 0.25) is 0 Å². The maximum atomic E-state index is 13.7. The van der Waals surface area contributed by atoms with Gasteiger partial charge in [-0.2, -0.15) is 10.2 Å². The third-order valence-corrected chi connectivity index (χ3v) is 3.37.